The lowest BCUT2D eigenvalue weighted by atomic mass is 10.1. The molecule has 2 aromatic rings. The van der Waals surface area contributed by atoms with Crippen LogP contribution in [0.4, 0.5) is 0 Å². The second kappa shape index (κ2) is 6.28. The molecule has 0 aliphatic carbocycles. The number of hydrogen-bond acceptors (Lipinski definition) is 4. The van der Waals surface area contributed by atoms with E-state index in [0.29, 0.717) is 0 Å². The largest absolute Gasteiger partial charge is 0.487 e. The molecule has 21 heavy (non-hydrogen) atoms. The summed E-state index contributed by atoms with van der Waals surface area (Å²) in [7, 11) is 1.40. The van der Waals surface area contributed by atoms with Gasteiger partial charge in [-0.2, -0.15) is 0 Å². The SMILES string of the molecule is CC(=O)c1ccc(OCc2ccccc2)c(S(=O)(=O)Cl)c1. The van der Waals surface area contributed by atoms with Crippen molar-refractivity contribution in [2.24, 2.45) is 0 Å². The number of ether oxygens (including phenoxy) is 1. The van der Waals surface area contributed by atoms with Crippen LogP contribution in [0, 0.1) is 0 Å². The minimum atomic E-state index is -4.00. The third kappa shape index (κ3) is 4.06. The second-order valence-corrected chi connectivity index (χ2v) is 6.96. The maximum Gasteiger partial charge on any atom is 0.265 e. The fourth-order valence-corrected chi connectivity index (χ4v) is 2.77. The highest BCUT2D eigenvalue weighted by Gasteiger charge is 2.19. The van der Waals surface area contributed by atoms with Crippen LogP contribution in [0.15, 0.2) is 53.4 Å². The molecule has 0 aliphatic rings. The minimum absolute atomic E-state index is 0.124. The van der Waals surface area contributed by atoms with Crippen LogP contribution >= 0.6 is 10.7 Å². The average Bonchev–Trinajstić information content (AvgIpc) is 2.45. The molecule has 0 aromatic heterocycles. The van der Waals surface area contributed by atoms with E-state index in [1.165, 1.54) is 25.1 Å². The molecule has 0 saturated carbocycles. The smallest absolute Gasteiger partial charge is 0.265 e. The van der Waals surface area contributed by atoms with Gasteiger partial charge in [0.05, 0.1) is 0 Å². The van der Waals surface area contributed by atoms with Gasteiger partial charge in [0.2, 0.25) is 0 Å². The molecule has 0 N–H and O–H groups in total. The lowest BCUT2D eigenvalue weighted by Gasteiger charge is -2.10. The Hall–Kier alpha value is -1.85. The summed E-state index contributed by atoms with van der Waals surface area (Å²) in [6.07, 6.45) is 0. The molecule has 110 valence electrons. The number of benzene rings is 2. The first-order chi connectivity index (χ1) is 9.88. The van der Waals surface area contributed by atoms with Crippen LogP contribution in [0.25, 0.3) is 0 Å². The Kier molecular flexibility index (Phi) is 4.65. The lowest BCUT2D eigenvalue weighted by molar-refractivity contribution is 0.101. The molecular formula is C15H13ClO4S. The lowest BCUT2D eigenvalue weighted by Crippen LogP contribution is -2.03. The molecule has 2 rings (SSSR count). The van der Waals surface area contributed by atoms with Crippen LogP contribution in [0.5, 0.6) is 5.75 Å². The molecule has 0 amide bonds. The van der Waals surface area contributed by atoms with Gasteiger partial charge in [-0.1, -0.05) is 30.3 Å². The van der Waals surface area contributed by atoms with E-state index in [1.807, 2.05) is 30.3 Å². The number of carbonyl (C=O) groups excluding carboxylic acids is 1. The molecule has 0 aliphatic heterocycles. The molecule has 2 aromatic carbocycles. The summed E-state index contributed by atoms with van der Waals surface area (Å²) in [6, 6.07) is 13.5. The molecule has 0 saturated heterocycles. The zero-order valence-corrected chi connectivity index (χ0v) is 12.8. The highest BCUT2D eigenvalue weighted by molar-refractivity contribution is 8.13. The van der Waals surface area contributed by atoms with Crippen LogP contribution in [-0.4, -0.2) is 14.2 Å². The first-order valence-corrected chi connectivity index (χ1v) is 8.45. The van der Waals surface area contributed by atoms with Crippen LogP contribution in [0.3, 0.4) is 0 Å². The van der Waals surface area contributed by atoms with Gasteiger partial charge in [-0.15, -0.1) is 0 Å². The molecule has 0 radical (unpaired) electrons. The number of Topliss-reactive ketones (excluding diaryl/α,β-unsaturated/α-hetero) is 1. The normalized spacial score (nSPS) is 11.1. The third-order valence-electron chi connectivity index (χ3n) is 2.85. The van der Waals surface area contributed by atoms with Gasteiger partial charge in [0.25, 0.3) is 9.05 Å². The summed E-state index contributed by atoms with van der Waals surface area (Å²) in [5.74, 6) is -0.120. The van der Waals surface area contributed by atoms with Crippen molar-refractivity contribution in [3.05, 3.63) is 59.7 Å². The van der Waals surface area contributed by atoms with Gasteiger partial charge in [0.15, 0.2) is 5.78 Å². The number of carbonyl (C=O) groups is 1. The highest BCUT2D eigenvalue weighted by Crippen LogP contribution is 2.29. The van der Waals surface area contributed by atoms with E-state index in [4.69, 9.17) is 15.4 Å². The maximum absolute atomic E-state index is 11.6. The summed E-state index contributed by atoms with van der Waals surface area (Å²) in [6.45, 7) is 1.56. The highest BCUT2D eigenvalue weighted by atomic mass is 35.7. The topological polar surface area (TPSA) is 60.4 Å². The average molecular weight is 325 g/mol. The Labute approximate surface area is 127 Å². The monoisotopic (exact) mass is 324 g/mol. The van der Waals surface area contributed by atoms with Crippen molar-refractivity contribution >= 4 is 25.5 Å². The molecule has 0 heterocycles. The van der Waals surface area contributed by atoms with Crippen molar-refractivity contribution in [3.63, 3.8) is 0 Å². The van der Waals surface area contributed by atoms with Crippen LogP contribution in [0.2, 0.25) is 0 Å². The van der Waals surface area contributed by atoms with Gasteiger partial charge in [-0.3, -0.25) is 4.79 Å². The van der Waals surface area contributed by atoms with Crippen molar-refractivity contribution in [1.82, 2.24) is 0 Å². The van der Waals surface area contributed by atoms with Crippen LogP contribution < -0.4 is 4.74 Å². The van der Waals surface area contributed by atoms with E-state index >= 15 is 0 Å². The summed E-state index contributed by atoms with van der Waals surface area (Å²) < 4.78 is 28.7. The fourth-order valence-electron chi connectivity index (χ4n) is 1.77. The number of hydrogen-bond donors (Lipinski definition) is 0. The quantitative estimate of drug-likeness (QED) is 0.624. The summed E-state index contributed by atoms with van der Waals surface area (Å²) >= 11 is 0. The van der Waals surface area contributed by atoms with Gasteiger partial charge < -0.3 is 4.74 Å². The van der Waals surface area contributed by atoms with Crippen molar-refractivity contribution in [3.8, 4) is 5.75 Å². The number of rotatable bonds is 5. The molecule has 0 atom stereocenters. The van der Waals surface area contributed by atoms with Gasteiger partial charge in [0, 0.05) is 16.2 Å². The van der Waals surface area contributed by atoms with E-state index in [9.17, 15) is 13.2 Å². The van der Waals surface area contributed by atoms with Crippen LogP contribution in [0.1, 0.15) is 22.8 Å². The van der Waals surface area contributed by atoms with Gasteiger partial charge in [-0.25, -0.2) is 8.42 Å². The maximum atomic E-state index is 11.6. The van der Waals surface area contributed by atoms with E-state index in [-0.39, 0.29) is 28.6 Å². The molecule has 0 bridgehead atoms. The number of halogens is 1. The van der Waals surface area contributed by atoms with Crippen molar-refractivity contribution in [2.45, 2.75) is 18.4 Å². The Morgan fingerprint density at radius 3 is 2.38 bits per heavy atom. The Morgan fingerprint density at radius 2 is 1.81 bits per heavy atom. The predicted molar refractivity (Wildman–Crippen MR) is 80.3 cm³/mol. The summed E-state index contributed by atoms with van der Waals surface area (Å²) in [4.78, 5) is 11.1. The van der Waals surface area contributed by atoms with E-state index in [2.05, 4.69) is 0 Å². The first kappa shape index (κ1) is 15.5. The molecule has 0 unspecified atom stereocenters. The second-order valence-electron chi connectivity index (χ2n) is 4.43. The molecule has 0 fully saturated rings. The van der Waals surface area contributed by atoms with Gasteiger partial charge in [0.1, 0.15) is 17.3 Å². The summed E-state index contributed by atoms with van der Waals surface area (Å²) in [5, 5.41) is 0. The number of ketones is 1. The third-order valence-corrected chi connectivity index (χ3v) is 4.19. The molecular weight excluding hydrogens is 312 g/mol. The molecule has 6 heteroatoms. The standard InChI is InChI=1S/C15H13ClO4S/c1-11(17)13-7-8-14(15(9-13)21(16,18)19)20-10-12-5-3-2-4-6-12/h2-9H,10H2,1H3. The Morgan fingerprint density at radius 1 is 1.14 bits per heavy atom. The van der Waals surface area contributed by atoms with Crippen LogP contribution in [-0.2, 0) is 15.7 Å². The summed E-state index contributed by atoms with van der Waals surface area (Å²) in [5.41, 5.74) is 1.16. The Balaban J connectivity index is 2.33. The first-order valence-electron chi connectivity index (χ1n) is 6.14. The molecule has 0 spiro atoms. The van der Waals surface area contributed by atoms with E-state index in [0.717, 1.165) is 5.56 Å². The zero-order chi connectivity index (χ0) is 15.5. The predicted octanol–water partition coefficient (Wildman–Crippen LogP) is 3.40. The molecule has 4 nitrogen and oxygen atoms in total. The van der Waals surface area contributed by atoms with Gasteiger partial charge in [-0.05, 0) is 30.7 Å². The zero-order valence-electron chi connectivity index (χ0n) is 11.2. The minimum Gasteiger partial charge on any atom is -0.487 e. The van der Waals surface area contributed by atoms with Crippen molar-refractivity contribution in [2.75, 3.05) is 0 Å². The van der Waals surface area contributed by atoms with E-state index < -0.39 is 9.05 Å². The van der Waals surface area contributed by atoms with Crippen molar-refractivity contribution < 1.29 is 17.9 Å². The van der Waals surface area contributed by atoms with Crippen molar-refractivity contribution in [1.29, 1.82) is 0 Å². The van der Waals surface area contributed by atoms with E-state index in [1.54, 1.807) is 0 Å². The van der Waals surface area contributed by atoms with Gasteiger partial charge >= 0.3 is 0 Å². The Bertz CT molecular complexity index is 754. The fraction of sp³-hybridized carbons (Fsp3) is 0.133.